The molecule has 2 aromatic rings. The highest BCUT2D eigenvalue weighted by Crippen LogP contribution is 2.24. The summed E-state index contributed by atoms with van der Waals surface area (Å²) in [6.45, 7) is 5.02. The third kappa shape index (κ3) is 7.24. The van der Waals surface area contributed by atoms with Crippen molar-refractivity contribution in [3.8, 4) is 0 Å². The molecule has 2 aromatic heterocycles. The fourth-order valence-electron chi connectivity index (χ4n) is 2.67. The minimum absolute atomic E-state index is 0.0261. The van der Waals surface area contributed by atoms with Crippen molar-refractivity contribution in [2.45, 2.75) is 39.5 Å². The first-order valence-corrected chi connectivity index (χ1v) is 8.57. The van der Waals surface area contributed by atoms with Gasteiger partial charge in [-0.05, 0) is 17.5 Å². The number of carbonyl (C=O) groups is 2. The van der Waals surface area contributed by atoms with Crippen LogP contribution in [0.25, 0.3) is 0 Å². The fraction of sp³-hybridized carbons (Fsp3) is 0.500. The van der Waals surface area contributed by atoms with Gasteiger partial charge in [-0.15, -0.1) is 0 Å². The van der Waals surface area contributed by atoms with Crippen LogP contribution in [-0.4, -0.2) is 39.9 Å². The molecule has 0 atom stereocenters. The Kier molecular flexibility index (Phi) is 6.80. The lowest BCUT2D eigenvalue weighted by atomic mass is 9.85. The van der Waals surface area contributed by atoms with E-state index in [1.807, 2.05) is 32.2 Å². The first kappa shape index (κ1) is 18.8. The van der Waals surface area contributed by atoms with Crippen LogP contribution in [0.15, 0.2) is 30.9 Å². The topological polar surface area (TPSA) is 103 Å². The van der Waals surface area contributed by atoms with Gasteiger partial charge in [-0.1, -0.05) is 13.8 Å². The van der Waals surface area contributed by atoms with E-state index in [1.165, 1.54) is 0 Å². The van der Waals surface area contributed by atoms with Crippen molar-refractivity contribution in [2.24, 2.45) is 5.41 Å². The van der Waals surface area contributed by atoms with Crippen molar-refractivity contribution in [1.29, 1.82) is 0 Å². The van der Waals surface area contributed by atoms with E-state index < -0.39 is 0 Å². The Labute approximate surface area is 148 Å². The van der Waals surface area contributed by atoms with Crippen molar-refractivity contribution in [3.63, 3.8) is 0 Å². The van der Waals surface area contributed by atoms with Gasteiger partial charge in [0.25, 0.3) is 0 Å². The Hall–Kier alpha value is -2.57. The average Bonchev–Trinajstić information content (AvgIpc) is 3.19. The molecule has 0 aliphatic carbocycles. The van der Waals surface area contributed by atoms with Crippen LogP contribution in [0.3, 0.4) is 0 Å². The summed E-state index contributed by atoms with van der Waals surface area (Å²) in [6, 6.07) is 3.93. The lowest BCUT2D eigenvalue weighted by Crippen LogP contribution is -2.34. The molecule has 136 valence electrons. The first-order valence-electron chi connectivity index (χ1n) is 8.57. The standard InChI is InChI=1S/C18H27N5O2/c1-18(2,10-16(24)21-8-5-14-4-3-7-20-14)11-17(25)22-9-6-15-12-19-13-23-15/h3-4,7,12-13,20H,5-6,8-11H2,1-2H3,(H,19,23)(H,21,24)(H,22,25). The number of carbonyl (C=O) groups excluding carboxylic acids is 2. The maximum absolute atomic E-state index is 12.1. The van der Waals surface area contributed by atoms with Crippen molar-refractivity contribution in [1.82, 2.24) is 25.6 Å². The number of aromatic nitrogens is 3. The van der Waals surface area contributed by atoms with E-state index in [-0.39, 0.29) is 17.2 Å². The second-order valence-electron chi connectivity index (χ2n) is 6.99. The van der Waals surface area contributed by atoms with E-state index in [2.05, 4.69) is 25.6 Å². The minimum Gasteiger partial charge on any atom is -0.365 e. The molecule has 2 amide bonds. The molecule has 0 fully saturated rings. The van der Waals surface area contributed by atoms with Crippen LogP contribution in [0.5, 0.6) is 0 Å². The third-order valence-electron chi connectivity index (χ3n) is 3.93. The molecule has 4 N–H and O–H groups in total. The molecule has 7 nitrogen and oxygen atoms in total. The minimum atomic E-state index is -0.380. The van der Waals surface area contributed by atoms with Gasteiger partial charge in [0.05, 0.1) is 6.33 Å². The van der Waals surface area contributed by atoms with Gasteiger partial charge in [-0.3, -0.25) is 9.59 Å². The summed E-state index contributed by atoms with van der Waals surface area (Å²) in [7, 11) is 0. The summed E-state index contributed by atoms with van der Waals surface area (Å²) in [4.78, 5) is 34.2. The van der Waals surface area contributed by atoms with Gasteiger partial charge in [0.2, 0.25) is 11.8 Å². The Morgan fingerprint density at radius 2 is 1.68 bits per heavy atom. The Morgan fingerprint density at radius 1 is 1.04 bits per heavy atom. The zero-order chi connectivity index (χ0) is 18.1. The van der Waals surface area contributed by atoms with Gasteiger partial charge in [-0.25, -0.2) is 4.98 Å². The molecular formula is C18H27N5O2. The fourth-order valence-corrected chi connectivity index (χ4v) is 2.67. The van der Waals surface area contributed by atoms with Gasteiger partial charge >= 0.3 is 0 Å². The molecular weight excluding hydrogens is 318 g/mol. The highest BCUT2D eigenvalue weighted by Gasteiger charge is 2.25. The van der Waals surface area contributed by atoms with Gasteiger partial charge in [0.1, 0.15) is 0 Å². The quantitative estimate of drug-likeness (QED) is 0.525. The molecule has 0 saturated carbocycles. The molecule has 0 unspecified atom stereocenters. The summed E-state index contributed by atoms with van der Waals surface area (Å²) in [6.07, 6.45) is 7.36. The van der Waals surface area contributed by atoms with Gasteiger partial charge in [0.15, 0.2) is 0 Å². The lowest BCUT2D eigenvalue weighted by Gasteiger charge is -2.23. The predicted octanol–water partition coefficient (Wildman–Crippen LogP) is 1.56. The second kappa shape index (κ2) is 9.05. The van der Waals surface area contributed by atoms with Crippen molar-refractivity contribution in [2.75, 3.05) is 13.1 Å². The molecule has 0 aliphatic rings. The SMILES string of the molecule is CC(C)(CC(=O)NCCc1ccc[nH]1)CC(=O)NCCc1cnc[nH]1. The highest BCUT2D eigenvalue weighted by atomic mass is 16.2. The Bertz CT molecular complexity index is 591. The van der Waals surface area contributed by atoms with Crippen LogP contribution in [0.1, 0.15) is 38.1 Å². The molecule has 2 heterocycles. The largest absolute Gasteiger partial charge is 0.365 e. The maximum Gasteiger partial charge on any atom is 0.220 e. The van der Waals surface area contributed by atoms with Crippen LogP contribution < -0.4 is 10.6 Å². The molecule has 0 aromatic carbocycles. The number of hydrogen-bond acceptors (Lipinski definition) is 3. The molecule has 2 rings (SSSR count). The summed E-state index contributed by atoms with van der Waals surface area (Å²) in [5, 5.41) is 5.80. The molecule has 0 spiro atoms. The lowest BCUT2D eigenvalue weighted by molar-refractivity contribution is -0.125. The Balaban J connectivity index is 1.63. The van der Waals surface area contributed by atoms with E-state index in [0.717, 1.165) is 17.8 Å². The normalized spacial score (nSPS) is 11.3. The molecule has 0 aliphatic heterocycles. The first-order chi connectivity index (χ1) is 11.9. The van der Waals surface area contributed by atoms with Crippen molar-refractivity contribution >= 4 is 11.8 Å². The third-order valence-corrected chi connectivity index (χ3v) is 3.93. The highest BCUT2D eigenvalue weighted by molar-refractivity contribution is 5.80. The van der Waals surface area contributed by atoms with E-state index in [9.17, 15) is 9.59 Å². The number of rotatable bonds is 10. The summed E-state index contributed by atoms with van der Waals surface area (Å²) in [5.74, 6) is -0.0643. The van der Waals surface area contributed by atoms with Crippen molar-refractivity contribution < 1.29 is 9.59 Å². The molecule has 0 bridgehead atoms. The van der Waals surface area contributed by atoms with E-state index in [0.29, 0.717) is 32.4 Å². The Morgan fingerprint density at radius 3 is 2.20 bits per heavy atom. The molecule has 7 heteroatoms. The van der Waals surface area contributed by atoms with E-state index >= 15 is 0 Å². The average molecular weight is 345 g/mol. The second-order valence-corrected chi connectivity index (χ2v) is 6.99. The maximum atomic E-state index is 12.1. The number of amides is 2. The molecule has 25 heavy (non-hydrogen) atoms. The molecule has 0 radical (unpaired) electrons. The number of imidazole rings is 1. The van der Waals surface area contributed by atoms with Crippen LogP contribution in [0.2, 0.25) is 0 Å². The molecule has 0 saturated heterocycles. The van der Waals surface area contributed by atoms with Crippen LogP contribution in [-0.2, 0) is 22.4 Å². The van der Waals surface area contributed by atoms with E-state index in [1.54, 1.807) is 12.5 Å². The van der Waals surface area contributed by atoms with Crippen LogP contribution >= 0.6 is 0 Å². The van der Waals surface area contributed by atoms with Gasteiger partial charge < -0.3 is 20.6 Å². The van der Waals surface area contributed by atoms with Gasteiger partial charge in [-0.2, -0.15) is 0 Å². The zero-order valence-corrected chi connectivity index (χ0v) is 14.9. The monoisotopic (exact) mass is 345 g/mol. The number of nitrogens with one attached hydrogen (secondary N) is 4. The number of H-pyrrole nitrogens is 2. The zero-order valence-electron chi connectivity index (χ0n) is 14.9. The number of hydrogen-bond donors (Lipinski definition) is 4. The van der Waals surface area contributed by atoms with E-state index in [4.69, 9.17) is 0 Å². The smallest absolute Gasteiger partial charge is 0.220 e. The predicted molar refractivity (Wildman–Crippen MR) is 95.8 cm³/mol. The number of nitrogens with zero attached hydrogens (tertiary/aromatic N) is 1. The summed E-state index contributed by atoms with van der Waals surface area (Å²) in [5.41, 5.74) is 1.70. The van der Waals surface area contributed by atoms with Crippen LogP contribution in [0, 0.1) is 5.41 Å². The van der Waals surface area contributed by atoms with Crippen LogP contribution in [0.4, 0.5) is 0 Å². The summed E-state index contributed by atoms with van der Waals surface area (Å²) >= 11 is 0. The van der Waals surface area contributed by atoms with Crippen molar-refractivity contribution in [3.05, 3.63) is 42.2 Å². The summed E-state index contributed by atoms with van der Waals surface area (Å²) < 4.78 is 0. The number of aromatic amines is 2. The van der Waals surface area contributed by atoms with Gasteiger partial charge in [0, 0.05) is 62.6 Å².